The van der Waals surface area contributed by atoms with Crippen molar-refractivity contribution < 1.29 is 33.0 Å². The zero-order valence-corrected chi connectivity index (χ0v) is 35.6. The van der Waals surface area contributed by atoms with Crippen LogP contribution in [0.4, 0.5) is 19.7 Å². The first-order valence-corrected chi connectivity index (χ1v) is 21.4. The quantitative estimate of drug-likeness (QED) is 0.180. The topological polar surface area (TPSA) is 116 Å². The molecule has 0 radical (unpaired) electrons. The Morgan fingerprint density at radius 1 is 0.881 bits per heavy atom. The van der Waals surface area contributed by atoms with Gasteiger partial charge in [0.05, 0.1) is 12.6 Å². The first-order valence-electron chi connectivity index (χ1n) is 21.0. The van der Waals surface area contributed by atoms with E-state index in [-0.39, 0.29) is 30.3 Å². The highest BCUT2D eigenvalue weighted by Gasteiger charge is 2.37. The minimum absolute atomic E-state index is 0.0103. The molecular weight excluding hydrogens is 775 g/mol. The molecule has 320 valence electrons. The fourth-order valence-electron chi connectivity index (χ4n) is 8.23. The van der Waals surface area contributed by atoms with Crippen molar-refractivity contribution in [2.75, 3.05) is 70.4 Å². The molecule has 59 heavy (non-hydrogen) atoms. The average Bonchev–Trinajstić information content (AvgIpc) is 3.67. The maximum atomic E-state index is 14.8. The number of alkyl carbamates (subject to hydrolysis) is 2. The molecule has 3 amide bonds. The summed E-state index contributed by atoms with van der Waals surface area (Å²) in [5.41, 5.74) is 3.09. The van der Waals surface area contributed by atoms with Crippen LogP contribution >= 0.6 is 11.6 Å². The summed E-state index contributed by atoms with van der Waals surface area (Å²) >= 11 is 6.51. The van der Waals surface area contributed by atoms with Crippen LogP contribution in [0.25, 0.3) is 0 Å². The number of ether oxygens (including phenoxy) is 3. The van der Waals surface area contributed by atoms with E-state index in [0.29, 0.717) is 62.2 Å². The molecule has 2 N–H and O–H groups in total. The van der Waals surface area contributed by atoms with Gasteiger partial charge >= 0.3 is 12.2 Å². The van der Waals surface area contributed by atoms with Gasteiger partial charge in [0.2, 0.25) is 5.91 Å². The first-order chi connectivity index (χ1) is 28.3. The third-order valence-corrected chi connectivity index (χ3v) is 11.5. The fourth-order valence-corrected chi connectivity index (χ4v) is 8.42. The van der Waals surface area contributed by atoms with Gasteiger partial charge in [-0.2, -0.15) is 0 Å². The Hall–Kier alpha value is -4.59. The van der Waals surface area contributed by atoms with Crippen molar-refractivity contribution in [1.29, 1.82) is 0 Å². The number of rotatable bonds is 14. The zero-order valence-electron chi connectivity index (χ0n) is 34.9. The van der Waals surface area contributed by atoms with Crippen molar-refractivity contribution in [2.24, 2.45) is 5.92 Å². The van der Waals surface area contributed by atoms with Crippen LogP contribution in [0.2, 0.25) is 5.02 Å². The molecule has 2 atom stereocenters. The number of anilines is 1. The molecule has 3 heterocycles. The van der Waals surface area contributed by atoms with Crippen molar-refractivity contribution in [3.8, 4) is 5.75 Å². The van der Waals surface area contributed by atoms with Crippen molar-refractivity contribution in [3.05, 3.63) is 94.3 Å². The SMILES string of the molecule is CCOc1cccc(F)c1CN1CCN(C(=O)[C@H](NC(=O)OCc2ccccc2)C2CCN(CCc3cc(Cl)ccc3N3CC[C@H](NC(=O)OC(C)(C)C)C3)CC2)CC1. The summed E-state index contributed by atoms with van der Waals surface area (Å²) in [4.78, 5) is 48.6. The summed E-state index contributed by atoms with van der Waals surface area (Å²) in [5.74, 6) is 0.0443. The van der Waals surface area contributed by atoms with E-state index in [4.69, 9.17) is 25.8 Å². The standard InChI is InChI=1S/C45H60ClFN6O6/c1-5-57-40-13-9-12-38(47)37(40)30-51-24-26-52(27-25-51)42(54)41(49-43(55)58-31-32-10-7-6-8-11-32)33-16-20-50(21-17-33)22-18-34-28-35(46)14-15-39(34)53-23-19-36(29-53)48-44(56)59-45(2,3)4/h6-15,28,33,36,41H,5,16-27,29-31H2,1-4H3,(H,48,56)(H,49,55)/t36-,41+/m0/s1. The van der Waals surface area contributed by atoms with Gasteiger partial charge in [0, 0.05) is 68.6 Å². The van der Waals surface area contributed by atoms with E-state index in [2.05, 4.69) is 31.4 Å². The number of nitrogens with zero attached hydrogens (tertiary/aromatic N) is 4. The molecule has 6 rings (SSSR count). The second-order valence-corrected chi connectivity index (χ2v) is 17.2. The molecule has 0 saturated carbocycles. The summed E-state index contributed by atoms with van der Waals surface area (Å²) < 4.78 is 31.6. The van der Waals surface area contributed by atoms with Crippen molar-refractivity contribution >= 4 is 35.4 Å². The summed E-state index contributed by atoms with van der Waals surface area (Å²) in [7, 11) is 0. The largest absolute Gasteiger partial charge is 0.493 e. The maximum absolute atomic E-state index is 14.8. The van der Waals surface area contributed by atoms with E-state index >= 15 is 0 Å². The van der Waals surface area contributed by atoms with Crippen molar-refractivity contribution in [3.63, 3.8) is 0 Å². The number of hydrogen-bond donors (Lipinski definition) is 2. The maximum Gasteiger partial charge on any atom is 0.408 e. The molecule has 3 fully saturated rings. The number of hydrogen-bond acceptors (Lipinski definition) is 9. The Balaban J connectivity index is 1.05. The highest BCUT2D eigenvalue weighted by Crippen LogP contribution is 2.30. The highest BCUT2D eigenvalue weighted by molar-refractivity contribution is 6.30. The minimum Gasteiger partial charge on any atom is -0.493 e. The average molecular weight is 835 g/mol. The number of carbonyl (C=O) groups is 3. The van der Waals surface area contributed by atoms with Gasteiger partial charge in [-0.3, -0.25) is 9.69 Å². The van der Waals surface area contributed by atoms with Crippen LogP contribution < -0.4 is 20.3 Å². The van der Waals surface area contributed by atoms with Gasteiger partial charge in [-0.1, -0.05) is 48.0 Å². The van der Waals surface area contributed by atoms with Crippen LogP contribution in [0, 0.1) is 11.7 Å². The predicted molar refractivity (Wildman–Crippen MR) is 227 cm³/mol. The summed E-state index contributed by atoms with van der Waals surface area (Å²) in [6.45, 7) is 14.3. The number of piperidine rings is 1. The number of piperazine rings is 1. The van der Waals surface area contributed by atoms with Crippen LogP contribution in [0.3, 0.4) is 0 Å². The normalized spacial score (nSPS) is 18.6. The van der Waals surface area contributed by atoms with Gasteiger partial charge in [0.15, 0.2) is 0 Å². The third kappa shape index (κ3) is 12.7. The molecule has 0 spiro atoms. The highest BCUT2D eigenvalue weighted by atomic mass is 35.5. The predicted octanol–water partition coefficient (Wildman–Crippen LogP) is 6.88. The molecule has 14 heteroatoms. The molecule has 0 bridgehead atoms. The third-order valence-electron chi connectivity index (χ3n) is 11.3. The van der Waals surface area contributed by atoms with E-state index in [1.807, 2.05) is 75.1 Å². The van der Waals surface area contributed by atoms with Gasteiger partial charge in [-0.05, 0) is 114 Å². The molecule has 0 aromatic heterocycles. The number of carbonyl (C=O) groups excluding carboxylic acids is 3. The fraction of sp³-hybridized carbons (Fsp3) is 0.533. The van der Waals surface area contributed by atoms with Crippen molar-refractivity contribution in [2.45, 2.75) is 84.2 Å². The lowest BCUT2D eigenvalue weighted by molar-refractivity contribution is -0.137. The van der Waals surface area contributed by atoms with E-state index in [1.54, 1.807) is 12.1 Å². The summed E-state index contributed by atoms with van der Waals surface area (Å²) in [5, 5.41) is 6.67. The molecule has 3 aliphatic rings. The molecule has 12 nitrogen and oxygen atoms in total. The lowest BCUT2D eigenvalue weighted by atomic mass is 9.88. The molecule has 3 saturated heterocycles. The molecule has 0 unspecified atom stereocenters. The number of likely N-dealkylation sites (tertiary alicyclic amines) is 1. The number of benzene rings is 3. The van der Waals surface area contributed by atoms with Gasteiger partial charge in [-0.25, -0.2) is 14.0 Å². The first kappa shape index (κ1) is 44.0. The Kier molecular flexibility index (Phi) is 15.3. The zero-order chi connectivity index (χ0) is 41.9. The van der Waals surface area contributed by atoms with Crippen LogP contribution in [-0.2, 0) is 33.8 Å². The van der Waals surface area contributed by atoms with Gasteiger partial charge in [-0.15, -0.1) is 0 Å². The number of halogens is 2. The van der Waals surface area contributed by atoms with Crippen LogP contribution in [-0.4, -0.2) is 116 Å². The summed E-state index contributed by atoms with van der Waals surface area (Å²) in [6, 6.07) is 19.6. The molecule has 3 aromatic carbocycles. The van der Waals surface area contributed by atoms with Gasteiger partial charge in [0.1, 0.15) is 29.8 Å². The van der Waals surface area contributed by atoms with E-state index in [0.717, 1.165) is 68.7 Å². The molecular formula is C45H60ClFN6O6. The monoisotopic (exact) mass is 834 g/mol. The Morgan fingerprint density at radius 3 is 2.34 bits per heavy atom. The van der Waals surface area contributed by atoms with Crippen LogP contribution in [0.1, 0.15) is 63.6 Å². The Bertz CT molecular complexity index is 1870. The van der Waals surface area contributed by atoms with E-state index < -0.39 is 23.8 Å². The number of amides is 3. The van der Waals surface area contributed by atoms with Gasteiger partial charge in [0.25, 0.3) is 0 Å². The second-order valence-electron chi connectivity index (χ2n) is 16.7. The van der Waals surface area contributed by atoms with E-state index in [9.17, 15) is 18.8 Å². The lowest BCUT2D eigenvalue weighted by Gasteiger charge is -2.40. The van der Waals surface area contributed by atoms with Crippen LogP contribution in [0.15, 0.2) is 66.7 Å². The minimum atomic E-state index is -0.736. The second kappa shape index (κ2) is 20.6. The molecule has 3 aromatic rings. The Labute approximate surface area is 353 Å². The lowest BCUT2D eigenvalue weighted by Crippen LogP contribution is -2.58. The molecule has 3 aliphatic heterocycles. The smallest absolute Gasteiger partial charge is 0.408 e. The van der Waals surface area contributed by atoms with Crippen LogP contribution in [0.5, 0.6) is 5.75 Å². The van der Waals surface area contributed by atoms with E-state index in [1.165, 1.54) is 6.07 Å². The van der Waals surface area contributed by atoms with Crippen molar-refractivity contribution in [1.82, 2.24) is 25.3 Å². The number of nitrogens with one attached hydrogen (secondary N) is 2. The Morgan fingerprint density at radius 2 is 1.63 bits per heavy atom. The van der Waals surface area contributed by atoms with Gasteiger partial charge < -0.3 is 39.5 Å². The molecule has 0 aliphatic carbocycles. The summed E-state index contributed by atoms with van der Waals surface area (Å²) in [6.07, 6.45) is 2.06.